The molecule has 132 valence electrons. The van der Waals surface area contributed by atoms with Gasteiger partial charge in [-0.2, -0.15) is 5.10 Å². The van der Waals surface area contributed by atoms with Crippen LogP contribution in [-0.2, 0) is 13.2 Å². The van der Waals surface area contributed by atoms with Crippen LogP contribution >= 0.6 is 11.6 Å². The predicted molar refractivity (Wildman–Crippen MR) is 108 cm³/mol. The van der Waals surface area contributed by atoms with E-state index in [-0.39, 0.29) is 0 Å². The first kappa shape index (κ1) is 18.0. The van der Waals surface area contributed by atoms with E-state index in [0.29, 0.717) is 13.2 Å². The summed E-state index contributed by atoms with van der Waals surface area (Å²) in [4.78, 5) is 0. The van der Waals surface area contributed by atoms with Gasteiger partial charge in [0, 0.05) is 5.02 Å². The molecule has 0 aromatic heterocycles. The Morgan fingerprint density at radius 2 is 1.69 bits per heavy atom. The van der Waals surface area contributed by atoms with Crippen molar-refractivity contribution in [1.29, 1.82) is 0 Å². The molecule has 0 aliphatic rings. The van der Waals surface area contributed by atoms with Crippen LogP contribution in [0.15, 0.2) is 77.9 Å². The maximum Gasteiger partial charge on any atom is 0.119 e. The van der Waals surface area contributed by atoms with Gasteiger partial charge in [-0.05, 0) is 53.9 Å². The third-order valence-corrected chi connectivity index (χ3v) is 4.31. The number of nitrogens with one attached hydrogen (secondary N) is 1. The van der Waals surface area contributed by atoms with E-state index < -0.39 is 0 Å². The fourth-order valence-corrected chi connectivity index (χ4v) is 2.60. The highest BCUT2D eigenvalue weighted by molar-refractivity contribution is 6.31. The molecule has 3 aromatic carbocycles. The zero-order valence-corrected chi connectivity index (χ0v) is 15.4. The van der Waals surface area contributed by atoms with Crippen LogP contribution in [0.5, 0.6) is 5.75 Å². The molecule has 0 fully saturated rings. The van der Waals surface area contributed by atoms with E-state index in [1.54, 1.807) is 6.21 Å². The van der Waals surface area contributed by atoms with Crippen LogP contribution in [-0.4, -0.2) is 6.21 Å². The summed E-state index contributed by atoms with van der Waals surface area (Å²) in [5.74, 6) is 0.840. The number of halogens is 1. The zero-order chi connectivity index (χ0) is 18.2. The van der Waals surface area contributed by atoms with Gasteiger partial charge < -0.3 is 10.2 Å². The molecule has 0 amide bonds. The van der Waals surface area contributed by atoms with Crippen molar-refractivity contribution >= 4 is 17.8 Å². The summed E-state index contributed by atoms with van der Waals surface area (Å²) in [7, 11) is 0. The van der Waals surface area contributed by atoms with Crippen molar-refractivity contribution in [3.05, 3.63) is 100 Å². The molecular weight excluding hydrogens is 344 g/mol. The van der Waals surface area contributed by atoms with Crippen LogP contribution in [0.4, 0.5) is 0 Å². The van der Waals surface area contributed by atoms with Gasteiger partial charge in [0.1, 0.15) is 12.4 Å². The van der Waals surface area contributed by atoms with Crippen molar-refractivity contribution in [2.75, 3.05) is 0 Å². The van der Waals surface area contributed by atoms with Crippen LogP contribution in [0.25, 0.3) is 0 Å². The Hall–Kier alpha value is -2.78. The van der Waals surface area contributed by atoms with E-state index in [1.165, 1.54) is 5.56 Å². The lowest BCUT2D eigenvalue weighted by Gasteiger charge is -2.07. The third-order valence-electron chi connectivity index (χ3n) is 3.94. The minimum Gasteiger partial charge on any atom is -0.489 e. The molecule has 0 heterocycles. The number of rotatable bonds is 7. The molecule has 3 nitrogen and oxygen atoms in total. The molecule has 0 aliphatic heterocycles. The van der Waals surface area contributed by atoms with Crippen LogP contribution in [0.1, 0.15) is 22.3 Å². The summed E-state index contributed by atoms with van der Waals surface area (Å²) in [5.41, 5.74) is 7.44. The van der Waals surface area contributed by atoms with Crippen molar-refractivity contribution in [1.82, 2.24) is 5.43 Å². The molecule has 0 unspecified atom stereocenters. The number of benzene rings is 3. The summed E-state index contributed by atoms with van der Waals surface area (Å²) in [6.45, 7) is 3.23. The molecule has 26 heavy (non-hydrogen) atoms. The minimum absolute atomic E-state index is 0.563. The van der Waals surface area contributed by atoms with E-state index in [4.69, 9.17) is 16.3 Å². The average Bonchev–Trinajstić information content (AvgIpc) is 2.67. The summed E-state index contributed by atoms with van der Waals surface area (Å²) in [6, 6.07) is 23.9. The molecular formula is C22H21ClN2O. The molecule has 0 spiro atoms. The second-order valence-electron chi connectivity index (χ2n) is 6.03. The van der Waals surface area contributed by atoms with Gasteiger partial charge in [0.25, 0.3) is 0 Å². The van der Waals surface area contributed by atoms with Crippen molar-refractivity contribution < 1.29 is 4.74 Å². The van der Waals surface area contributed by atoms with Crippen LogP contribution in [0.2, 0.25) is 5.02 Å². The lowest BCUT2D eigenvalue weighted by atomic mass is 10.2. The second-order valence-corrected chi connectivity index (χ2v) is 6.44. The van der Waals surface area contributed by atoms with Crippen molar-refractivity contribution in [3.63, 3.8) is 0 Å². The van der Waals surface area contributed by atoms with Gasteiger partial charge in [-0.1, -0.05) is 59.6 Å². The summed E-state index contributed by atoms with van der Waals surface area (Å²) in [5, 5.41) is 4.98. The SMILES string of the molecule is Cc1ccc(COc2ccc(/C=N\NCc3ccccc3Cl)cc2)cc1. The number of nitrogens with zero attached hydrogens (tertiary/aromatic N) is 1. The molecule has 0 atom stereocenters. The Kier molecular flexibility index (Phi) is 6.29. The van der Waals surface area contributed by atoms with E-state index in [9.17, 15) is 0 Å². The largest absolute Gasteiger partial charge is 0.489 e. The summed E-state index contributed by atoms with van der Waals surface area (Å²) >= 11 is 6.11. The fourth-order valence-electron chi connectivity index (χ4n) is 2.39. The first-order chi connectivity index (χ1) is 12.7. The first-order valence-corrected chi connectivity index (χ1v) is 8.86. The highest BCUT2D eigenvalue weighted by atomic mass is 35.5. The first-order valence-electron chi connectivity index (χ1n) is 8.48. The molecule has 4 heteroatoms. The smallest absolute Gasteiger partial charge is 0.119 e. The maximum absolute atomic E-state index is 6.11. The number of hydrogen-bond donors (Lipinski definition) is 1. The standard InChI is InChI=1S/C22H21ClN2O/c1-17-6-8-19(9-7-17)16-26-21-12-10-18(11-13-21)14-24-25-15-20-4-2-3-5-22(20)23/h2-14,25H,15-16H2,1H3/b24-14-. The van der Waals surface area contributed by atoms with E-state index >= 15 is 0 Å². The molecule has 0 radical (unpaired) electrons. The van der Waals surface area contributed by atoms with Gasteiger partial charge in [0.2, 0.25) is 0 Å². The number of hydrazone groups is 1. The fraction of sp³-hybridized carbons (Fsp3) is 0.136. The van der Waals surface area contributed by atoms with Gasteiger partial charge in [0.05, 0.1) is 12.8 Å². The average molecular weight is 365 g/mol. The number of ether oxygens (including phenoxy) is 1. The van der Waals surface area contributed by atoms with Gasteiger partial charge >= 0.3 is 0 Å². The van der Waals surface area contributed by atoms with Crippen molar-refractivity contribution in [2.24, 2.45) is 5.10 Å². The van der Waals surface area contributed by atoms with Gasteiger partial charge in [-0.15, -0.1) is 0 Å². The topological polar surface area (TPSA) is 33.6 Å². The molecule has 0 aliphatic carbocycles. The minimum atomic E-state index is 0.563. The Labute approximate surface area is 159 Å². The molecule has 3 aromatic rings. The van der Waals surface area contributed by atoms with Crippen LogP contribution in [0, 0.1) is 6.92 Å². The predicted octanol–water partition coefficient (Wildman–Crippen LogP) is 5.35. The molecule has 0 saturated carbocycles. The highest BCUT2D eigenvalue weighted by Gasteiger charge is 1.98. The Bertz CT molecular complexity index is 858. The number of aryl methyl sites for hydroxylation is 1. The molecule has 3 rings (SSSR count). The van der Waals surface area contributed by atoms with Crippen LogP contribution < -0.4 is 10.2 Å². The maximum atomic E-state index is 6.11. The lowest BCUT2D eigenvalue weighted by molar-refractivity contribution is 0.306. The quantitative estimate of drug-likeness (QED) is 0.453. The van der Waals surface area contributed by atoms with Crippen molar-refractivity contribution in [3.8, 4) is 5.75 Å². The molecule has 1 N–H and O–H groups in total. The van der Waals surface area contributed by atoms with Gasteiger partial charge in [-0.25, -0.2) is 0 Å². The normalized spacial score (nSPS) is 10.8. The summed E-state index contributed by atoms with van der Waals surface area (Å²) < 4.78 is 5.81. The highest BCUT2D eigenvalue weighted by Crippen LogP contribution is 2.15. The van der Waals surface area contributed by atoms with Gasteiger partial charge in [0.15, 0.2) is 0 Å². The van der Waals surface area contributed by atoms with Crippen LogP contribution in [0.3, 0.4) is 0 Å². The van der Waals surface area contributed by atoms with Gasteiger partial charge in [-0.3, -0.25) is 0 Å². The molecule has 0 saturated heterocycles. The number of hydrogen-bond acceptors (Lipinski definition) is 3. The lowest BCUT2D eigenvalue weighted by Crippen LogP contribution is -2.05. The van der Waals surface area contributed by atoms with E-state index in [0.717, 1.165) is 27.5 Å². The summed E-state index contributed by atoms with van der Waals surface area (Å²) in [6.07, 6.45) is 1.78. The Balaban J connectivity index is 1.48. The third kappa shape index (κ3) is 5.36. The zero-order valence-electron chi connectivity index (χ0n) is 14.7. The Morgan fingerprint density at radius 1 is 0.962 bits per heavy atom. The second kappa shape index (κ2) is 9.07. The molecule has 0 bridgehead atoms. The van der Waals surface area contributed by atoms with E-state index in [1.807, 2.05) is 48.5 Å². The van der Waals surface area contributed by atoms with E-state index in [2.05, 4.69) is 41.7 Å². The van der Waals surface area contributed by atoms with Crippen molar-refractivity contribution in [2.45, 2.75) is 20.1 Å². The Morgan fingerprint density at radius 3 is 2.42 bits per heavy atom. The monoisotopic (exact) mass is 364 g/mol.